The first-order chi connectivity index (χ1) is 14.1. The number of methoxy groups -OCH3 is 1. The van der Waals surface area contributed by atoms with Crippen LogP contribution in [0.4, 0.5) is 5.69 Å². The van der Waals surface area contributed by atoms with Gasteiger partial charge in [0.2, 0.25) is 12.7 Å². The number of nitrogens with zero attached hydrogens (tertiary/aromatic N) is 2. The minimum atomic E-state index is -0.138. The maximum absolute atomic E-state index is 12.3. The van der Waals surface area contributed by atoms with Gasteiger partial charge in [0.05, 0.1) is 24.2 Å². The molecule has 0 bridgehead atoms. The van der Waals surface area contributed by atoms with Crippen molar-refractivity contribution in [3.05, 3.63) is 54.1 Å². The van der Waals surface area contributed by atoms with Gasteiger partial charge in [-0.15, -0.1) is 10.2 Å². The lowest BCUT2D eigenvalue weighted by atomic mass is 10.1. The molecule has 0 aliphatic carbocycles. The quantitative estimate of drug-likeness (QED) is 0.618. The Morgan fingerprint density at radius 1 is 1.10 bits per heavy atom. The van der Waals surface area contributed by atoms with Gasteiger partial charge in [0.15, 0.2) is 11.5 Å². The highest BCUT2D eigenvalue weighted by Crippen LogP contribution is 2.35. The highest BCUT2D eigenvalue weighted by molar-refractivity contribution is 7.99. The summed E-state index contributed by atoms with van der Waals surface area (Å²) in [5, 5.41) is 12.0. The van der Waals surface area contributed by atoms with Crippen LogP contribution in [-0.4, -0.2) is 35.8 Å². The van der Waals surface area contributed by atoms with Crippen molar-refractivity contribution >= 4 is 23.4 Å². The van der Waals surface area contributed by atoms with Crippen molar-refractivity contribution in [1.29, 1.82) is 0 Å². The molecule has 8 heteroatoms. The van der Waals surface area contributed by atoms with Gasteiger partial charge in [-0.2, -0.15) is 0 Å². The maximum atomic E-state index is 12.3. The number of aromatic nitrogens is 2. The summed E-state index contributed by atoms with van der Waals surface area (Å²) < 4.78 is 16.0. The maximum Gasteiger partial charge on any atom is 0.234 e. The standard InChI is InChI=1S/C21H19N3O4S/c1-13-3-6-17(26-2)16(9-13)22-20(25)11-29-21-8-5-15(23-24-21)14-4-7-18-19(10-14)28-12-27-18/h3-10H,11-12H2,1-2H3,(H,22,25). The molecule has 0 unspecified atom stereocenters. The van der Waals surface area contributed by atoms with Gasteiger partial charge < -0.3 is 19.5 Å². The average molecular weight is 409 g/mol. The summed E-state index contributed by atoms with van der Waals surface area (Å²) >= 11 is 1.32. The summed E-state index contributed by atoms with van der Waals surface area (Å²) in [5.41, 5.74) is 3.31. The van der Waals surface area contributed by atoms with Gasteiger partial charge in [0, 0.05) is 5.56 Å². The summed E-state index contributed by atoms with van der Waals surface area (Å²) in [5.74, 6) is 2.13. The van der Waals surface area contributed by atoms with Crippen molar-refractivity contribution in [3.8, 4) is 28.5 Å². The Balaban J connectivity index is 1.37. The van der Waals surface area contributed by atoms with Crippen LogP contribution in [-0.2, 0) is 4.79 Å². The molecule has 2 aromatic carbocycles. The summed E-state index contributed by atoms with van der Waals surface area (Å²) in [7, 11) is 1.58. The largest absolute Gasteiger partial charge is 0.495 e. The molecule has 29 heavy (non-hydrogen) atoms. The average Bonchev–Trinajstić information content (AvgIpc) is 3.21. The number of nitrogens with one attached hydrogen (secondary N) is 1. The number of thioether (sulfide) groups is 1. The molecular weight excluding hydrogens is 390 g/mol. The second-order valence-corrected chi connectivity index (χ2v) is 7.36. The minimum absolute atomic E-state index is 0.138. The van der Waals surface area contributed by atoms with Crippen LogP contribution in [0.1, 0.15) is 5.56 Å². The number of anilines is 1. The molecule has 4 rings (SSSR count). The molecule has 3 aromatic rings. The van der Waals surface area contributed by atoms with E-state index in [1.165, 1.54) is 11.8 Å². The van der Waals surface area contributed by atoms with Gasteiger partial charge in [-0.3, -0.25) is 4.79 Å². The topological polar surface area (TPSA) is 82.6 Å². The first-order valence-corrected chi connectivity index (χ1v) is 9.92. The monoisotopic (exact) mass is 409 g/mol. The third-order valence-corrected chi connectivity index (χ3v) is 5.21. The smallest absolute Gasteiger partial charge is 0.234 e. The Morgan fingerprint density at radius 3 is 2.76 bits per heavy atom. The van der Waals surface area contributed by atoms with Crippen LogP contribution < -0.4 is 19.5 Å². The summed E-state index contributed by atoms with van der Waals surface area (Å²) in [6, 6.07) is 15.0. The second-order valence-electron chi connectivity index (χ2n) is 6.37. The van der Waals surface area contributed by atoms with Gasteiger partial charge in [0.1, 0.15) is 10.8 Å². The number of carbonyl (C=O) groups excluding carboxylic acids is 1. The Kier molecular flexibility index (Phi) is 5.53. The molecule has 2 heterocycles. The third-order valence-electron chi connectivity index (χ3n) is 4.29. The van der Waals surface area contributed by atoms with Crippen molar-refractivity contribution in [2.75, 3.05) is 25.0 Å². The Labute approximate surface area is 172 Å². The van der Waals surface area contributed by atoms with Crippen LogP contribution in [0.5, 0.6) is 17.2 Å². The zero-order chi connectivity index (χ0) is 20.2. The number of benzene rings is 2. The first kappa shape index (κ1) is 19.1. The van der Waals surface area contributed by atoms with Crippen LogP contribution in [0.2, 0.25) is 0 Å². The van der Waals surface area contributed by atoms with E-state index >= 15 is 0 Å². The van der Waals surface area contributed by atoms with Gasteiger partial charge in [-0.05, 0) is 55.0 Å². The highest BCUT2D eigenvalue weighted by atomic mass is 32.2. The number of rotatable bonds is 6. The molecule has 0 saturated heterocycles. The van der Waals surface area contributed by atoms with Crippen molar-refractivity contribution < 1.29 is 19.0 Å². The van der Waals surface area contributed by atoms with Crippen LogP contribution in [0.15, 0.2) is 53.6 Å². The van der Waals surface area contributed by atoms with Crippen molar-refractivity contribution in [2.24, 2.45) is 0 Å². The van der Waals surface area contributed by atoms with Crippen molar-refractivity contribution in [3.63, 3.8) is 0 Å². The number of hydrogen-bond donors (Lipinski definition) is 1. The number of carbonyl (C=O) groups is 1. The van der Waals surface area contributed by atoms with E-state index in [9.17, 15) is 4.79 Å². The van der Waals surface area contributed by atoms with E-state index in [0.717, 1.165) is 22.6 Å². The zero-order valence-corrected chi connectivity index (χ0v) is 16.8. The molecule has 0 fully saturated rings. The van der Waals surface area contributed by atoms with E-state index in [0.29, 0.717) is 22.2 Å². The predicted octanol–water partition coefficient (Wildman–Crippen LogP) is 3.92. The molecule has 0 atom stereocenters. The fraction of sp³-hybridized carbons (Fsp3) is 0.190. The van der Waals surface area contributed by atoms with Gasteiger partial charge in [-0.1, -0.05) is 17.8 Å². The fourth-order valence-corrected chi connectivity index (χ4v) is 3.47. The minimum Gasteiger partial charge on any atom is -0.495 e. The van der Waals surface area contributed by atoms with Crippen LogP contribution in [0.25, 0.3) is 11.3 Å². The molecule has 148 valence electrons. The first-order valence-electron chi connectivity index (χ1n) is 8.93. The molecule has 0 spiro atoms. The zero-order valence-electron chi connectivity index (χ0n) is 16.0. The molecule has 0 radical (unpaired) electrons. The van der Waals surface area contributed by atoms with Gasteiger partial charge in [0.25, 0.3) is 0 Å². The molecule has 1 aromatic heterocycles. The number of amides is 1. The molecule has 1 N–H and O–H groups in total. The van der Waals surface area contributed by atoms with Crippen molar-refractivity contribution in [1.82, 2.24) is 10.2 Å². The summed E-state index contributed by atoms with van der Waals surface area (Å²) in [6.45, 7) is 2.19. The van der Waals surface area contributed by atoms with E-state index in [1.807, 2.05) is 55.5 Å². The highest BCUT2D eigenvalue weighted by Gasteiger charge is 2.15. The van der Waals surface area contributed by atoms with E-state index in [4.69, 9.17) is 14.2 Å². The van der Waals surface area contributed by atoms with Crippen LogP contribution >= 0.6 is 11.8 Å². The number of fused-ring (bicyclic) bond motifs is 1. The molecule has 7 nitrogen and oxygen atoms in total. The van der Waals surface area contributed by atoms with Gasteiger partial charge >= 0.3 is 0 Å². The molecule has 1 aliphatic heterocycles. The fourth-order valence-electron chi connectivity index (χ4n) is 2.85. The van der Waals surface area contributed by atoms with Crippen LogP contribution in [0, 0.1) is 6.92 Å². The van der Waals surface area contributed by atoms with E-state index in [-0.39, 0.29) is 18.5 Å². The predicted molar refractivity (Wildman–Crippen MR) is 111 cm³/mol. The molecular formula is C21H19N3O4S. The lowest BCUT2D eigenvalue weighted by molar-refractivity contribution is -0.113. The lowest BCUT2D eigenvalue weighted by Gasteiger charge is -2.10. The normalized spacial score (nSPS) is 11.9. The van der Waals surface area contributed by atoms with Gasteiger partial charge in [-0.25, -0.2) is 0 Å². The van der Waals surface area contributed by atoms with E-state index < -0.39 is 0 Å². The third kappa shape index (κ3) is 4.43. The van der Waals surface area contributed by atoms with E-state index in [1.54, 1.807) is 7.11 Å². The Bertz CT molecular complexity index is 1040. The molecule has 1 amide bonds. The second kappa shape index (κ2) is 8.40. The molecule has 0 saturated carbocycles. The van der Waals surface area contributed by atoms with Crippen LogP contribution in [0.3, 0.4) is 0 Å². The Hall–Kier alpha value is -3.26. The molecule has 1 aliphatic rings. The number of ether oxygens (including phenoxy) is 3. The summed E-state index contributed by atoms with van der Waals surface area (Å²) in [4.78, 5) is 12.3. The Morgan fingerprint density at radius 2 is 1.97 bits per heavy atom. The summed E-state index contributed by atoms with van der Waals surface area (Å²) in [6.07, 6.45) is 0. The number of aryl methyl sites for hydroxylation is 1. The van der Waals surface area contributed by atoms with E-state index in [2.05, 4.69) is 15.5 Å². The lowest BCUT2D eigenvalue weighted by Crippen LogP contribution is -2.15. The van der Waals surface area contributed by atoms with Crippen molar-refractivity contribution in [2.45, 2.75) is 11.9 Å². The SMILES string of the molecule is COc1ccc(C)cc1NC(=O)CSc1ccc(-c2ccc3c(c2)OCO3)nn1. The number of hydrogen-bond acceptors (Lipinski definition) is 7.